The first kappa shape index (κ1) is 25.6. The quantitative estimate of drug-likeness (QED) is 0.501. The van der Waals surface area contributed by atoms with E-state index in [2.05, 4.69) is 17.1 Å². The van der Waals surface area contributed by atoms with E-state index < -0.39 is 0 Å². The molecular formula is C27H42Cl2N4O2. The molecule has 6 nitrogen and oxygen atoms in total. The number of hydrogen-bond acceptors (Lipinski definition) is 3. The fourth-order valence-electron chi connectivity index (χ4n) is 7.51. The number of carbonyl (C=O) groups excluding carboxylic acids is 2. The van der Waals surface area contributed by atoms with E-state index in [9.17, 15) is 9.59 Å². The van der Waals surface area contributed by atoms with Gasteiger partial charge in [-0.2, -0.15) is 0 Å². The van der Waals surface area contributed by atoms with Crippen LogP contribution in [-0.4, -0.2) is 70.0 Å². The Morgan fingerprint density at radius 2 is 1.74 bits per heavy atom. The van der Waals surface area contributed by atoms with Crippen molar-refractivity contribution in [1.29, 1.82) is 0 Å². The summed E-state index contributed by atoms with van der Waals surface area (Å²) >= 11 is 13.4. The van der Waals surface area contributed by atoms with Gasteiger partial charge in [0.25, 0.3) is 0 Å². The van der Waals surface area contributed by atoms with E-state index in [1.165, 1.54) is 12.8 Å². The van der Waals surface area contributed by atoms with Gasteiger partial charge in [-0.1, -0.05) is 32.6 Å². The van der Waals surface area contributed by atoms with Crippen LogP contribution in [0.5, 0.6) is 0 Å². The van der Waals surface area contributed by atoms with Crippen LogP contribution < -0.4 is 5.32 Å². The number of urea groups is 1. The molecular weight excluding hydrogens is 483 g/mol. The average molecular weight is 526 g/mol. The molecule has 5 rings (SSSR count). The summed E-state index contributed by atoms with van der Waals surface area (Å²) in [7, 11) is 0. The van der Waals surface area contributed by atoms with E-state index in [1.807, 2.05) is 0 Å². The zero-order chi connectivity index (χ0) is 24.5. The van der Waals surface area contributed by atoms with Gasteiger partial charge in [-0.05, 0) is 69.1 Å². The summed E-state index contributed by atoms with van der Waals surface area (Å²) in [6.07, 6.45) is 13.3. The van der Waals surface area contributed by atoms with Crippen molar-refractivity contribution in [3.05, 3.63) is 0 Å². The van der Waals surface area contributed by atoms with E-state index in [1.54, 1.807) is 4.90 Å². The molecule has 35 heavy (non-hydrogen) atoms. The van der Waals surface area contributed by atoms with Gasteiger partial charge in [0.15, 0.2) is 0 Å². The number of nitrogens with one attached hydrogen (secondary N) is 1. The summed E-state index contributed by atoms with van der Waals surface area (Å²) in [5.74, 6) is 2.55. The highest BCUT2D eigenvalue weighted by Gasteiger charge is 2.51. The number of alkyl halides is 2. The average Bonchev–Trinajstić information content (AvgIpc) is 3.24. The first-order valence-corrected chi connectivity index (χ1v) is 15.0. The lowest BCUT2D eigenvalue weighted by molar-refractivity contribution is -0.123. The lowest BCUT2D eigenvalue weighted by atomic mass is 9.72. The second kappa shape index (κ2) is 11.2. The third-order valence-electron chi connectivity index (χ3n) is 9.35. The molecule has 1 saturated heterocycles. The molecule has 6 atom stereocenters. The number of piperazine rings is 1. The molecule has 0 bridgehead atoms. The third-order valence-corrected chi connectivity index (χ3v) is 10.3. The Labute approximate surface area is 220 Å². The Morgan fingerprint density at radius 3 is 2.46 bits per heavy atom. The summed E-state index contributed by atoms with van der Waals surface area (Å²) < 4.78 is 0. The molecule has 8 heteroatoms. The fourth-order valence-corrected chi connectivity index (χ4v) is 8.16. The molecule has 4 fully saturated rings. The molecule has 3 amide bonds. The number of amides is 3. The SMILES string of the molecule is CC1CCCC(C2C(C3CCC(Cl)CC3)N=C(C3CCCCC3Cl)N2C(=O)N2CCNC(=O)C2)C1. The summed E-state index contributed by atoms with van der Waals surface area (Å²) in [5, 5.41) is 3.15. The highest BCUT2D eigenvalue weighted by atomic mass is 35.5. The Bertz CT molecular complexity index is 815. The molecule has 0 aromatic carbocycles. The highest BCUT2D eigenvalue weighted by molar-refractivity contribution is 6.23. The van der Waals surface area contributed by atoms with Crippen molar-refractivity contribution < 1.29 is 9.59 Å². The Morgan fingerprint density at radius 1 is 0.971 bits per heavy atom. The predicted octanol–water partition coefficient (Wildman–Crippen LogP) is 5.41. The van der Waals surface area contributed by atoms with Crippen LogP contribution in [-0.2, 0) is 4.79 Å². The van der Waals surface area contributed by atoms with Gasteiger partial charge in [-0.3, -0.25) is 14.7 Å². The largest absolute Gasteiger partial charge is 0.353 e. The van der Waals surface area contributed by atoms with Gasteiger partial charge < -0.3 is 10.2 Å². The van der Waals surface area contributed by atoms with Crippen molar-refractivity contribution in [3.8, 4) is 0 Å². The van der Waals surface area contributed by atoms with Gasteiger partial charge in [0.2, 0.25) is 5.91 Å². The molecule has 3 saturated carbocycles. The molecule has 3 aliphatic carbocycles. The maximum Gasteiger partial charge on any atom is 0.326 e. The molecule has 0 aromatic rings. The van der Waals surface area contributed by atoms with Gasteiger partial charge in [-0.15, -0.1) is 23.2 Å². The van der Waals surface area contributed by atoms with Crippen molar-refractivity contribution in [2.45, 2.75) is 107 Å². The number of amidine groups is 1. The maximum absolute atomic E-state index is 14.2. The van der Waals surface area contributed by atoms with Gasteiger partial charge in [-0.25, -0.2) is 4.79 Å². The number of carbonyl (C=O) groups is 2. The molecule has 2 aliphatic heterocycles. The van der Waals surface area contributed by atoms with Crippen LogP contribution in [0.2, 0.25) is 0 Å². The lowest BCUT2D eigenvalue weighted by Gasteiger charge is -2.44. The summed E-state index contributed by atoms with van der Waals surface area (Å²) in [5.41, 5.74) is 0. The molecule has 0 spiro atoms. The standard InChI is InChI=1S/C27H42Cl2N4O2/c1-17-5-4-6-19(15-17)25-24(18-9-11-20(28)12-10-18)31-26(21-7-2-3-8-22(21)29)33(25)27(35)32-14-13-30-23(34)16-32/h17-22,24-25H,2-16H2,1H3,(H,30,34). The summed E-state index contributed by atoms with van der Waals surface area (Å²) in [6.45, 7) is 3.56. The number of hydrogen-bond donors (Lipinski definition) is 1. The first-order valence-electron chi connectivity index (χ1n) is 14.1. The van der Waals surface area contributed by atoms with E-state index in [0.29, 0.717) is 30.8 Å². The summed E-state index contributed by atoms with van der Waals surface area (Å²) in [6, 6.07) is 0.176. The van der Waals surface area contributed by atoms with Crippen molar-refractivity contribution in [3.63, 3.8) is 0 Å². The molecule has 6 unspecified atom stereocenters. The van der Waals surface area contributed by atoms with Crippen LogP contribution in [0.4, 0.5) is 4.79 Å². The van der Waals surface area contributed by atoms with Crippen LogP contribution in [0.3, 0.4) is 0 Å². The van der Waals surface area contributed by atoms with Crippen LogP contribution in [0.15, 0.2) is 4.99 Å². The molecule has 5 aliphatic rings. The molecule has 2 heterocycles. The van der Waals surface area contributed by atoms with Gasteiger partial charge in [0.05, 0.1) is 12.1 Å². The maximum atomic E-state index is 14.2. The molecule has 0 radical (unpaired) electrons. The van der Waals surface area contributed by atoms with Crippen molar-refractivity contribution in [2.75, 3.05) is 19.6 Å². The lowest BCUT2D eigenvalue weighted by Crippen LogP contribution is -2.60. The van der Waals surface area contributed by atoms with Crippen LogP contribution in [0.25, 0.3) is 0 Å². The zero-order valence-corrected chi connectivity index (χ0v) is 22.7. The Hall–Kier alpha value is -1.01. The summed E-state index contributed by atoms with van der Waals surface area (Å²) in [4.78, 5) is 35.8. The molecule has 1 N–H and O–H groups in total. The predicted molar refractivity (Wildman–Crippen MR) is 141 cm³/mol. The zero-order valence-electron chi connectivity index (χ0n) is 21.1. The topological polar surface area (TPSA) is 65.0 Å². The van der Waals surface area contributed by atoms with Gasteiger partial charge in [0.1, 0.15) is 12.4 Å². The van der Waals surface area contributed by atoms with Crippen molar-refractivity contribution in [2.24, 2.45) is 28.7 Å². The second-order valence-electron chi connectivity index (χ2n) is 11.8. The Balaban J connectivity index is 1.51. The smallest absolute Gasteiger partial charge is 0.326 e. The normalized spacial score (nSPS) is 40.9. The number of halogens is 2. The highest BCUT2D eigenvalue weighted by Crippen LogP contribution is 2.45. The minimum Gasteiger partial charge on any atom is -0.353 e. The van der Waals surface area contributed by atoms with E-state index in [-0.39, 0.29) is 47.2 Å². The second-order valence-corrected chi connectivity index (χ2v) is 13.0. The first-order chi connectivity index (χ1) is 16.9. The van der Waals surface area contributed by atoms with Crippen LogP contribution >= 0.6 is 23.2 Å². The monoisotopic (exact) mass is 524 g/mol. The minimum atomic E-state index is -0.0741. The third kappa shape index (κ3) is 5.49. The fraction of sp³-hybridized carbons (Fsp3) is 0.889. The number of aliphatic imine (C=N–C) groups is 1. The van der Waals surface area contributed by atoms with Crippen LogP contribution in [0, 0.1) is 23.7 Å². The van der Waals surface area contributed by atoms with Crippen molar-refractivity contribution >= 4 is 41.0 Å². The van der Waals surface area contributed by atoms with E-state index in [4.69, 9.17) is 28.2 Å². The van der Waals surface area contributed by atoms with Crippen molar-refractivity contribution in [1.82, 2.24) is 15.1 Å². The number of rotatable bonds is 3. The molecule has 0 aromatic heterocycles. The van der Waals surface area contributed by atoms with E-state index >= 15 is 0 Å². The van der Waals surface area contributed by atoms with E-state index in [0.717, 1.165) is 70.0 Å². The molecule has 196 valence electrons. The van der Waals surface area contributed by atoms with Crippen LogP contribution in [0.1, 0.15) is 84.0 Å². The van der Waals surface area contributed by atoms with Gasteiger partial charge in [0, 0.05) is 29.8 Å². The Kier molecular flexibility index (Phi) is 8.18. The number of nitrogens with zero attached hydrogens (tertiary/aromatic N) is 3. The minimum absolute atomic E-state index is 0.0192. The van der Waals surface area contributed by atoms with Gasteiger partial charge >= 0.3 is 6.03 Å².